The summed E-state index contributed by atoms with van der Waals surface area (Å²) in [6, 6.07) is 35.4. The van der Waals surface area contributed by atoms with E-state index in [0.29, 0.717) is 24.1 Å². The van der Waals surface area contributed by atoms with E-state index in [9.17, 15) is 39.0 Å². The summed E-state index contributed by atoms with van der Waals surface area (Å²) in [7, 11) is 0. The highest BCUT2D eigenvalue weighted by molar-refractivity contribution is 5.96. The van der Waals surface area contributed by atoms with Crippen molar-refractivity contribution in [2.45, 2.75) is 56.2 Å². The van der Waals surface area contributed by atoms with Crippen LogP contribution in [0.4, 0.5) is 24.9 Å². The Bertz CT molecular complexity index is 2430. The molecule has 0 heterocycles. The zero-order valence-corrected chi connectivity index (χ0v) is 36.0. The smallest absolute Gasteiger partial charge is 0.407 e. The molecule has 0 saturated heterocycles. The number of urea groups is 2. The molecule has 344 valence electrons. The Morgan fingerprint density at radius 2 is 0.924 bits per heavy atom. The van der Waals surface area contributed by atoms with Crippen LogP contribution in [0.1, 0.15) is 65.3 Å². The van der Waals surface area contributed by atoms with Crippen molar-refractivity contribution in [1.82, 2.24) is 21.3 Å². The topological polar surface area (TPSA) is 274 Å². The molecule has 2 aliphatic rings. The number of carbonyl (C=O) groups excluding carboxylic acids is 5. The molecule has 0 aliphatic heterocycles. The number of carboxylic acids is 1. The average Bonchev–Trinajstić information content (AvgIpc) is 3.81. The summed E-state index contributed by atoms with van der Waals surface area (Å²) in [4.78, 5) is 70.9. The van der Waals surface area contributed by atoms with Gasteiger partial charge in [-0.1, -0.05) is 109 Å². The van der Waals surface area contributed by atoms with Crippen LogP contribution in [0, 0.1) is 0 Å². The van der Waals surface area contributed by atoms with E-state index in [1.54, 1.807) is 24.3 Å². The van der Waals surface area contributed by atoms with Crippen molar-refractivity contribution in [3.05, 3.63) is 149 Å². The van der Waals surface area contributed by atoms with Crippen LogP contribution < -0.4 is 38.1 Å². The first-order valence-corrected chi connectivity index (χ1v) is 21.5. The quantitative estimate of drug-likeness (QED) is 0.0470. The lowest BCUT2D eigenvalue weighted by molar-refractivity contribution is -0.139. The van der Waals surface area contributed by atoms with Gasteiger partial charge in [0.05, 0.1) is 6.61 Å². The van der Waals surface area contributed by atoms with E-state index in [-0.39, 0.29) is 57.6 Å². The lowest BCUT2D eigenvalue weighted by atomic mass is 9.98. The number of anilines is 1. The monoisotopic (exact) mass is 899 g/mol. The van der Waals surface area contributed by atoms with Crippen molar-refractivity contribution in [3.63, 3.8) is 0 Å². The van der Waals surface area contributed by atoms with Gasteiger partial charge in [-0.25, -0.2) is 24.0 Å². The zero-order valence-electron chi connectivity index (χ0n) is 36.0. The number of hydrogen-bond acceptors (Lipinski definition) is 9. The Labute approximate surface area is 381 Å². The fourth-order valence-corrected chi connectivity index (χ4v) is 8.05. The minimum Gasteiger partial charge on any atom is -0.480 e. The normalized spacial score (nSPS) is 12.9. The van der Waals surface area contributed by atoms with Crippen molar-refractivity contribution in [2.24, 2.45) is 11.5 Å². The van der Waals surface area contributed by atoms with E-state index in [0.717, 1.165) is 44.5 Å². The number of amides is 7. The second kappa shape index (κ2) is 23.1. The molecule has 0 spiro atoms. The molecule has 0 aromatic heterocycles. The van der Waals surface area contributed by atoms with Gasteiger partial charge < -0.3 is 57.7 Å². The second-order valence-corrected chi connectivity index (χ2v) is 15.6. The third-order valence-electron chi connectivity index (χ3n) is 11.2. The molecule has 5 aromatic carbocycles. The lowest BCUT2D eigenvalue weighted by Crippen LogP contribution is -2.44. The average molecular weight is 900 g/mol. The molecule has 5 aromatic rings. The van der Waals surface area contributed by atoms with E-state index in [1.165, 1.54) is 0 Å². The number of fused-ring (bicyclic) bond motifs is 6. The molecular weight excluding hydrogens is 847 g/mol. The fraction of sp³-hybridized carbons (Fsp3) is 0.265. The first-order valence-electron chi connectivity index (χ1n) is 21.5. The molecule has 2 aliphatic carbocycles. The van der Waals surface area contributed by atoms with E-state index < -0.39 is 48.2 Å². The van der Waals surface area contributed by atoms with Crippen molar-refractivity contribution < 1.29 is 48.5 Å². The molecule has 0 bridgehead atoms. The predicted molar refractivity (Wildman–Crippen MR) is 246 cm³/mol. The van der Waals surface area contributed by atoms with E-state index in [4.69, 9.17) is 20.9 Å². The number of aliphatic carboxylic acids is 1. The summed E-state index contributed by atoms with van der Waals surface area (Å²) in [6.45, 7) is 0.616. The maximum Gasteiger partial charge on any atom is 0.407 e. The largest absolute Gasteiger partial charge is 0.480 e. The van der Waals surface area contributed by atoms with Crippen molar-refractivity contribution in [3.8, 4) is 22.3 Å². The van der Waals surface area contributed by atoms with Gasteiger partial charge in [-0.15, -0.1) is 0 Å². The third-order valence-corrected chi connectivity index (χ3v) is 11.2. The van der Waals surface area contributed by atoms with Gasteiger partial charge in [-0.3, -0.25) is 4.79 Å². The Balaban J connectivity index is 0.000000225. The van der Waals surface area contributed by atoms with Crippen LogP contribution in [0.15, 0.2) is 121 Å². The maximum absolute atomic E-state index is 13.0. The third kappa shape index (κ3) is 12.6. The summed E-state index contributed by atoms with van der Waals surface area (Å²) in [5, 5.41) is 31.2. The molecule has 0 saturated carbocycles. The minimum atomic E-state index is -1.17. The number of nitrogens with two attached hydrogens (primary N) is 2. The van der Waals surface area contributed by atoms with E-state index in [2.05, 4.69) is 38.7 Å². The predicted octanol–water partition coefficient (Wildman–Crippen LogP) is 5.90. The van der Waals surface area contributed by atoms with Crippen LogP contribution in [0.3, 0.4) is 0 Å². The molecule has 2 atom stereocenters. The first-order chi connectivity index (χ1) is 31.9. The number of hydrogen-bond donors (Lipinski definition) is 9. The SMILES string of the molecule is NC(=O)NCCC[C@H](NC(=O)OCC1c2ccccc2-c2ccccc21)C(=O)Nc1ccc(CO)cc1.NC(=O)NCCC[C@H](NC(=O)OCC1c2ccccc2-c2ccccc21)C(=O)O. The van der Waals surface area contributed by atoms with Crippen LogP contribution in [0.25, 0.3) is 22.3 Å². The summed E-state index contributed by atoms with van der Waals surface area (Å²) in [5.41, 5.74) is 20.1. The highest BCUT2D eigenvalue weighted by Gasteiger charge is 2.31. The van der Waals surface area contributed by atoms with Crippen LogP contribution >= 0.6 is 0 Å². The van der Waals surface area contributed by atoms with Crippen molar-refractivity contribution in [1.29, 1.82) is 0 Å². The van der Waals surface area contributed by atoms with Crippen LogP contribution in [-0.4, -0.2) is 84.7 Å². The highest BCUT2D eigenvalue weighted by Crippen LogP contribution is 2.45. The van der Waals surface area contributed by atoms with Gasteiger partial charge in [0.15, 0.2) is 0 Å². The molecular formula is C49H53N7O10. The van der Waals surface area contributed by atoms with Gasteiger partial charge in [0.25, 0.3) is 0 Å². The standard InChI is InChI=1S/C28H30N4O5.C21H23N3O5/c29-27(35)30-15-5-10-25(26(34)31-19-13-11-18(16-33)12-14-19)32-28(36)37-17-24-22-8-3-1-6-20(22)21-7-2-4-9-23(21)24;22-20(27)23-11-5-10-18(19(25)26)24-21(28)29-12-17-15-8-3-1-6-13(15)14-7-2-4-9-16(14)17/h1-4,6-9,11-14,24-25,33H,5,10,15-17H2,(H,31,34)(H,32,36)(H3,29,30,35);1-4,6-9,17-18H,5,10-12H2,(H,24,28)(H,25,26)(H3,22,23,27)/t25-;18-/m00/s1. The molecule has 17 heteroatoms. The molecule has 0 fully saturated rings. The van der Waals surface area contributed by atoms with E-state index in [1.807, 2.05) is 84.9 Å². The number of carboxylic acid groups (broad SMARTS) is 1. The van der Waals surface area contributed by atoms with Crippen molar-refractivity contribution >= 4 is 41.8 Å². The highest BCUT2D eigenvalue weighted by atomic mass is 16.6. The number of aliphatic hydroxyl groups is 1. The summed E-state index contributed by atoms with van der Waals surface area (Å²) >= 11 is 0. The number of carbonyl (C=O) groups is 6. The Morgan fingerprint density at radius 1 is 0.545 bits per heavy atom. The zero-order chi connectivity index (χ0) is 47.0. The summed E-state index contributed by atoms with van der Waals surface area (Å²) in [5.74, 6) is -1.80. The summed E-state index contributed by atoms with van der Waals surface area (Å²) < 4.78 is 11.0. The number of ether oxygens (including phenoxy) is 2. The number of aliphatic hydroxyl groups excluding tert-OH is 1. The van der Waals surface area contributed by atoms with Gasteiger partial charge in [0, 0.05) is 30.6 Å². The second-order valence-electron chi connectivity index (χ2n) is 15.6. The van der Waals surface area contributed by atoms with Gasteiger partial charge in [-0.2, -0.15) is 0 Å². The van der Waals surface area contributed by atoms with Crippen LogP contribution in [0.5, 0.6) is 0 Å². The Kier molecular flexibility index (Phi) is 16.7. The lowest BCUT2D eigenvalue weighted by Gasteiger charge is -2.20. The summed E-state index contributed by atoms with van der Waals surface area (Å²) in [6.07, 6.45) is -0.342. The molecule has 0 unspecified atom stereocenters. The fourth-order valence-electron chi connectivity index (χ4n) is 8.05. The van der Waals surface area contributed by atoms with Crippen LogP contribution in [-0.2, 0) is 25.7 Å². The van der Waals surface area contributed by atoms with E-state index >= 15 is 0 Å². The molecule has 17 nitrogen and oxygen atoms in total. The minimum absolute atomic E-state index is 0.101. The number of nitrogens with one attached hydrogen (secondary N) is 5. The Morgan fingerprint density at radius 3 is 1.30 bits per heavy atom. The van der Waals surface area contributed by atoms with Gasteiger partial charge in [-0.05, 0) is 87.9 Å². The molecule has 0 radical (unpaired) electrons. The van der Waals surface area contributed by atoms with Crippen LogP contribution in [0.2, 0.25) is 0 Å². The molecule has 11 N–H and O–H groups in total. The number of benzene rings is 5. The molecule has 66 heavy (non-hydrogen) atoms. The molecule has 7 rings (SSSR count). The maximum atomic E-state index is 13.0. The van der Waals surface area contributed by atoms with Gasteiger partial charge >= 0.3 is 30.2 Å². The number of alkyl carbamates (subject to hydrolysis) is 2. The van der Waals surface area contributed by atoms with Crippen molar-refractivity contribution in [2.75, 3.05) is 31.6 Å². The molecule has 7 amide bonds. The van der Waals surface area contributed by atoms with Gasteiger partial charge in [0.1, 0.15) is 25.3 Å². The van der Waals surface area contributed by atoms with Gasteiger partial charge in [0.2, 0.25) is 5.91 Å². The number of primary amides is 2. The number of rotatable bonds is 18. The first kappa shape index (κ1) is 47.6. The Hall–Kier alpha value is -7.92.